The summed E-state index contributed by atoms with van der Waals surface area (Å²) in [5.74, 6) is -9.69. The Bertz CT molecular complexity index is 1310. The van der Waals surface area contributed by atoms with E-state index in [-0.39, 0.29) is 36.8 Å². The fourth-order valence-corrected chi connectivity index (χ4v) is 3.32. The molecular formula is C27H21Cl2F5Zr. The van der Waals surface area contributed by atoms with E-state index in [1.165, 1.54) is 36.9 Å². The molecular weight excluding hydrogens is 581 g/mol. The van der Waals surface area contributed by atoms with Crippen LogP contribution < -0.4 is 0 Å². The normalized spacial score (nSPS) is 11.5. The Balaban J connectivity index is 0.000000293. The van der Waals surface area contributed by atoms with Crippen LogP contribution in [-0.4, -0.2) is 3.21 Å². The number of allylic oxidation sites excluding steroid dienone is 4. The van der Waals surface area contributed by atoms with Gasteiger partial charge >= 0.3 is 41.3 Å². The molecule has 0 atom stereocenters. The van der Waals surface area contributed by atoms with Crippen molar-refractivity contribution >= 4 is 55.1 Å². The van der Waals surface area contributed by atoms with E-state index in [9.17, 15) is 22.0 Å². The van der Waals surface area contributed by atoms with Gasteiger partial charge in [-0.25, -0.2) is 22.0 Å². The van der Waals surface area contributed by atoms with Gasteiger partial charge in [0.05, 0.1) is 0 Å². The standard InChI is InChI=1S/C13H9.C11H4F5.C3H6.2ClH.Zr/c1-3-7-12-10(5-1)9-11-6-2-4-8-13(11)12;12-7-6(5-3-1-2-4-5)8(13)10(15)11(16)9(7)14;1-3-2;;;/h1-9H;1,3H,2H2;1-2H3;2*1H;/q2*-1;;;;+2. The van der Waals surface area contributed by atoms with E-state index in [0.29, 0.717) is 0 Å². The Morgan fingerprint density at radius 3 is 1.54 bits per heavy atom. The van der Waals surface area contributed by atoms with E-state index < -0.39 is 34.6 Å². The second kappa shape index (κ2) is 13.9. The zero-order chi connectivity index (χ0) is 24.1. The van der Waals surface area contributed by atoms with Crippen molar-refractivity contribution in [2.75, 3.05) is 0 Å². The van der Waals surface area contributed by atoms with Crippen LogP contribution in [-0.2, 0) is 24.2 Å². The fraction of sp³-hybridized carbons (Fsp3) is 0.111. The minimum atomic E-state index is -2.15. The minimum absolute atomic E-state index is 0. The maximum absolute atomic E-state index is 13.2. The molecule has 0 nitrogen and oxygen atoms in total. The first-order chi connectivity index (χ1) is 15.7. The van der Waals surface area contributed by atoms with Crippen molar-refractivity contribution in [3.63, 3.8) is 0 Å². The number of benzene rings is 3. The molecule has 5 rings (SSSR count). The Morgan fingerprint density at radius 2 is 1.14 bits per heavy atom. The summed E-state index contributed by atoms with van der Waals surface area (Å²) in [6, 6.07) is 19.3. The van der Waals surface area contributed by atoms with Crippen molar-refractivity contribution < 1.29 is 46.2 Å². The van der Waals surface area contributed by atoms with Gasteiger partial charge in [0, 0.05) is 0 Å². The van der Waals surface area contributed by atoms with Gasteiger partial charge in [0.25, 0.3) is 0 Å². The van der Waals surface area contributed by atoms with E-state index in [4.69, 9.17) is 0 Å². The molecule has 182 valence electrons. The molecule has 1 aliphatic carbocycles. The zero-order valence-corrected chi connectivity index (χ0v) is 22.9. The van der Waals surface area contributed by atoms with Crippen LogP contribution in [0.25, 0.3) is 27.1 Å². The Hall–Kier alpha value is -2.01. The molecule has 35 heavy (non-hydrogen) atoms. The molecule has 8 heteroatoms. The molecule has 0 heterocycles. The Labute approximate surface area is 228 Å². The van der Waals surface area contributed by atoms with Gasteiger partial charge in [0.15, 0.2) is 17.5 Å². The van der Waals surface area contributed by atoms with Gasteiger partial charge in [-0.15, -0.1) is 70.6 Å². The first-order valence-corrected chi connectivity index (χ1v) is 11.3. The van der Waals surface area contributed by atoms with E-state index in [1.807, 2.05) is 0 Å². The Kier molecular flexibility index (Phi) is 12.3. The van der Waals surface area contributed by atoms with E-state index in [0.717, 1.165) is 0 Å². The molecule has 4 aromatic rings. The monoisotopic (exact) mass is 600 g/mol. The SMILES string of the molecule is C[C](C)=[Zr+2].Cl.Cl.Fc1c(F)c(F)c(C2=[C-]CC=C2)c(F)c1F.c1ccc2c(c1)[cH-]c1ccccc12. The third kappa shape index (κ3) is 7.25. The summed E-state index contributed by atoms with van der Waals surface area (Å²) in [6.07, 6.45) is 5.55. The predicted octanol–water partition coefficient (Wildman–Crippen LogP) is 8.83. The van der Waals surface area contributed by atoms with Crippen LogP contribution in [0.3, 0.4) is 0 Å². The molecule has 0 radical (unpaired) electrons. The van der Waals surface area contributed by atoms with Crippen LogP contribution >= 0.6 is 24.8 Å². The molecule has 0 amide bonds. The first-order valence-electron chi connectivity index (χ1n) is 10.1. The maximum atomic E-state index is 13.2. The molecule has 0 saturated carbocycles. The van der Waals surface area contributed by atoms with Crippen molar-refractivity contribution in [2.24, 2.45) is 0 Å². The van der Waals surface area contributed by atoms with Gasteiger partial charge in [-0.05, 0) is 0 Å². The number of fused-ring (bicyclic) bond motifs is 3. The molecule has 0 aromatic heterocycles. The minimum Gasteiger partial charge on any atom is -0.217 e. The summed E-state index contributed by atoms with van der Waals surface area (Å²) >= 11 is 1.55. The molecule has 0 bridgehead atoms. The molecule has 4 aromatic carbocycles. The van der Waals surface area contributed by atoms with Crippen molar-refractivity contribution in [1.82, 2.24) is 0 Å². The average Bonchev–Trinajstić information content (AvgIpc) is 3.45. The van der Waals surface area contributed by atoms with Crippen LogP contribution in [0.2, 0.25) is 0 Å². The summed E-state index contributed by atoms with van der Waals surface area (Å²) in [6.45, 7) is 4.25. The maximum Gasteiger partial charge on any atom is 0.198 e. The molecule has 0 unspecified atom stereocenters. The summed E-state index contributed by atoms with van der Waals surface area (Å²) < 4.78 is 66.4. The van der Waals surface area contributed by atoms with Crippen LogP contribution in [0.15, 0.2) is 66.7 Å². The number of rotatable bonds is 1. The molecule has 0 spiro atoms. The summed E-state index contributed by atoms with van der Waals surface area (Å²) in [5.41, 5.74) is -1.04. The van der Waals surface area contributed by atoms with Crippen molar-refractivity contribution in [1.29, 1.82) is 0 Å². The van der Waals surface area contributed by atoms with Gasteiger partial charge in [0.1, 0.15) is 11.6 Å². The van der Waals surface area contributed by atoms with E-state index in [2.05, 4.69) is 74.5 Å². The van der Waals surface area contributed by atoms with Crippen molar-refractivity contribution in [3.05, 3.63) is 107 Å². The quantitative estimate of drug-likeness (QED) is 0.0884. The van der Waals surface area contributed by atoms with Crippen molar-refractivity contribution in [3.8, 4) is 0 Å². The summed E-state index contributed by atoms with van der Waals surface area (Å²) in [7, 11) is 0. The van der Waals surface area contributed by atoms with Crippen LogP contribution in [0.4, 0.5) is 22.0 Å². The molecule has 0 N–H and O–H groups in total. The molecule has 0 fully saturated rings. The van der Waals surface area contributed by atoms with Crippen LogP contribution in [0, 0.1) is 35.2 Å². The van der Waals surface area contributed by atoms with Gasteiger partial charge < -0.3 is 0 Å². The second-order valence-corrected chi connectivity index (χ2v) is 9.92. The van der Waals surface area contributed by atoms with Gasteiger partial charge in [-0.2, -0.15) is 17.7 Å². The smallest absolute Gasteiger partial charge is 0.198 e. The number of hydrogen-bond donors (Lipinski definition) is 0. The molecule has 0 aliphatic heterocycles. The van der Waals surface area contributed by atoms with E-state index in [1.54, 1.807) is 24.2 Å². The largest absolute Gasteiger partial charge is 0.217 e. The summed E-state index contributed by atoms with van der Waals surface area (Å²) in [4.78, 5) is 0. The van der Waals surface area contributed by atoms with Crippen LogP contribution in [0.1, 0.15) is 25.8 Å². The first kappa shape index (κ1) is 31.0. The van der Waals surface area contributed by atoms with Gasteiger partial charge in [-0.3, -0.25) is 0 Å². The number of hydrogen-bond acceptors (Lipinski definition) is 0. The Morgan fingerprint density at radius 1 is 0.743 bits per heavy atom. The van der Waals surface area contributed by atoms with Crippen molar-refractivity contribution in [2.45, 2.75) is 20.3 Å². The third-order valence-corrected chi connectivity index (χ3v) is 4.70. The predicted molar refractivity (Wildman–Crippen MR) is 135 cm³/mol. The average molecular weight is 603 g/mol. The molecule has 1 aliphatic rings. The van der Waals surface area contributed by atoms with Crippen LogP contribution in [0.5, 0.6) is 0 Å². The third-order valence-electron chi connectivity index (χ3n) is 4.70. The second-order valence-electron chi connectivity index (χ2n) is 7.46. The molecule has 0 saturated heterocycles. The fourth-order valence-electron chi connectivity index (χ4n) is 3.32. The van der Waals surface area contributed by atoms with Gasteiger partial charge in [0.2, 0.25) is 0 Å². The topological polar surface area (TPSA) is 0 Å². The number of halogens is 7. The van der Waals surface area contributed by atoms with E-state index >= 15 is 0 Å². The van der Waals surface area contributed by atoms with Gasteiger partial charge in [-0.1, -0.05) is 48.4 Å². The zero-order valence-electron chi connectivity index (χ0n) is 18.8. The summed E-state index contributed by atoms with van der Waals surface area (Å²) in [5, 5.41) is 5.39.